The Morgan fingerprint density at radius 2 is 1.00 bits per heavy atom. The van der Waals surface area contributed by atoms with Crippen LogP contribution in [0.1, 0.15) is 26.7 Å². The Hall–Kier alpha value is -3.50. The molecule has 0 saturated heterocycles. The van der Waals surface area contributed by atoms with Crippen LogP contribution in [0.3, 0.4) is 0 Å². The maximum atomic E-state index is 11.0. The van der Waals surface area contributed by atoms with Crippen LogP contribution in [0.2, 0.25) is 0 Å². The van der Waals surface area contributed by atoms with E-state index in [4.69, 9.17) is 5.11 Å². The van der Waals surface area contributed by atoms with Crippen molar-refractivity contribution in [1.29, 1.82) is 0 Å². The SMILES string of the molecule is CC(=O)C(C)=CC=CC=CC=CC=CC=CC=CC=CC=CC=CCC(O)CC(=O)O. The lowest BCUT2D eigenvalue weighted by Gasteiger charge is -2.01. The molecule has 0 saturated carbocycles. The summed E-state index contributed by atoms with van der Waals surface area (Å²) in [6.07, 6.45) is 34.8. The number of carboxylic acid groups (broad SMARTS) is 1. The average Bonchev–Trinajstić information content (AvgIpc) is 2.71. The van der Waals surface area contributed by atoms with Gasteiger partial charge in [0.25, 0.3) is 0 Å². The number of allylic oxidation sites excluding steroid dienone is 19. The van der Waals surface area contributed by atoms with Gasteiger partial charge in [0, 0.05) is 0 Å². The van der Waals surface area contributed by atoms with Crippen LogP contribution in [0.25, 0.3) is 0 Å². The monoisotopic (exact) mass is 420 g/mol. The molecule has 4 heteroatoms. The van der Waals surface area contributed by atoms with Gasteiger partial charge in [0.15, 0.2) is 5.78 Å². The van der Waals surface area contributed by atoms with E-state index < -0.39 is 12.1 Å². The lowest BCUT2D eigenvalue weighted by Crippen LogP contribution is -2.11. The van der Waals surface area contributed by atoms with Crippen molar-refractivity contribution in [2.24, 2.45) is 0 Å². The molecule has 0 bridgehead atoms. The van der Waals surface area contributed by atoms with Crippen LogP contribution in [0.15, 0.2) is 121 Å². The van der Waals surface area contributed by atoms with Gasteiger partial charge in [0.05, 0.1) is 12.5 Å². The van der Waals surface area contributed by atoms with E-state index in [1.165, 1.54) is 0 Å². The van der Waals surface area contributed by atoms with Gasteiger partial charge in [-0.15, -0.1) is 0 Å². The Morgan fingerprint density at radius 3 is 1.35 bits per heavy atom. The maximum Gasteiger partial charge on any atom is 0.305 e. The third-order valence-electron chi connectivity index (χ3n) is 3.63. The van der Waals surface area contributed by atoms with Crippen molar-refractivity contribution in [2.45, 2.75) is 32.8 Å². The number of hydrogen-bond donors (Lipinski definition) is 2. The summed E-state index contributed by atoms with van der Waals surface area (Å²) in [5.41, 5.74) is 0.733. The highest BCUT2D eigenvalue weighted by Crippen LogP contribution is 1.99. The Morgan fingerprint density at radius 1 is 0.645 bits per heavy atom. The topological polar surface area (TPSA) is 74.6 Å². The Balaban J connectivity index is 4.02. The zero-order valence-electron chi connectivity index (χ0n) is 18.2. The molecule has 0 amide bonds. The van der Waals surface area contributed by atoms with Crippen molar-refractivity contribution < 1.29 is 19.8 Å². The third kappa shape index (κ3) is 21.0. The lowest BCUT2D eigenvalue weighted by molar-refractivity contribution is -0.139. The smallest absolute Gasteiger partial charge is 0.305 e. The second-order valence-electron chi connectivity index (χ2n) is 6.40. The van der Waals surface area contributed by atoms with E-state index in [0.717, 1.165) is 5.57 Å². The van der Waals surface area contributed by atoms with Gasteiger partial charge in [-0.1, -0.05) is 115 Å². The largest absolute Gasteiger partial charge is 0.481 e. The van der Waals surface area contributed by atoms with Crippen molar-refractivity contribution >= 4 is 11.8 Å². The highest BCUT2D eigenvalue weighted by molar-refractivity contribution is 5.92. The number of carbonyl (C=O) groups excluding carboxylic acids is 1. The Kier molecular flexibility index (Phi) is 17.6. The molecule has 0 aliphatic heterocycles. The number of ketones is 1. The summed E-state index contributed by atoms with van der Waals surface area (Å²) in [6, 6.07) is 0. The van der Waals surface area contributed by atoms with E-state index in [0.29, 0.717) is 6.42 Å². The van der Waals surface area contributed by atoms with Gasteiger partial charge in [-0.2, -0.15) is 0 Å². The zero-order valence-corrected chi connectivity index (χ0v) is 18.2. The molecule has 1 unspecified atom stereocenters. The average molecular weight is 421 g/mol. The molecular formula is C27H32O4. The zero-order chi connectivity index (χ0) is 23.2. The second kappa shape index (κ2) is 19.8. The molecule has 0 aromatic rings. The first-order chi connectivity index (χ1) is 14.9. The van der Waals surface area contributed by atoms with Crippen LogP contribution >= 0.6 is 0 Å². The summed E-state index contributed by atoms with van der Waals surface area (Å²) in [4.78, 5) is 21.4. The Labute approximate surface area is 185 Å². The van der Waals surface area contributed by atoms with E-state index in [2.05, 4.69) is 0 Å². The van der Waals surface area contributed by atoms with E-state index >= 15 is 0 Å². The summed E-state index contributed by atoms with van der Waals surface area (Å²) in [6.45, 7) is 3.34. The molecule has 0 spiro atoms. The predicted molar refractivity (Wildman–Crippen MR) is 130 cm³/mol. The standard InChI is InChI=1S/C27H32O4/c1-24(25(2)28)21-19-17-15-13-11-9-7-5-3-4-6-8-10-12-14-16-18-20-22-26(29)23-27(30)31/h3-21,26,29H,22-23H2,1-2H3,(H,30,31). The molecule has 31 heavy (non-hydrogen) atoms. The fourth-order valence-corrected chi connectivity index (χ4v) is 1.88. The van der Waals surface area contributed by atoms with E-state index in [9.17, 15) is 14.7 Å². The number of hydrogen-bond acceptors (Lipinski definition) is 3. The van der Waals surface area contributed by atoms with Gasteiger partial charge >= 0.3 is 5.97 Å². The van der Waals surface area contributed by atoms with Crippen molar-refractivity contribution in [1.82, 2.24) is 0 Å². The lowest BCUT2D eigenvalue weighted by atomic mass is 10.2. The van der Waals surface area contributed by atoms with Crippen molar-refractivity contribution in [3.05, 3.63) is 121 Å². The minimum Gasteiger partial charge on any atom is -0.481 e. The van der Waals surface area contributed by atoms with Crippen LogP contribution in [-0.4, -0.2) is 28.1 Å². The number of aliphatic hydroxyl groups excluding tert-OH is 1. The normalized spacial score (nSPS) is 15.1. The highest BCUT2D eigenvalue weighted by atomic mass is 16.4. The fourth-order valence-electron chi connectivity index (χ4n) is 1.88. The molecule has 164 valence electrons. The van der Waals surface area contributed by atoms with E-state index in [1.807, 2.05) is 97.2 Å². The summed E-state index contributed by atoms with van der Waals surface area (Å²) in [5.74, 6) is -0.924. The number of carboxylic acids is 1. The van der Waals surface area contributed by atoms with Gasteiger partial charge < -0.3 is 10.2 Å². The third-order valence-corrected chi connectivity index (χ3v) is 3.63. The minimum atomic E-state index is -1.00. The number of Topliss-reactive ketones (excluding diaryl/α,β-unsaturated/α-hetero) is 1. The van der Waals surface area contributed by atoms with Crippen molar-refractivity contribution in [2.75, 3.05) is 0 Å². The molecule has 0 rings (SSSR count). The highest BCUT2D eigenvalue weighted by Gasteiger charge is 2.06. The molecule has 0 heterocycles. The van der Waals surface area contributed by atoms with Crippen molar-refractivity contribution in [3.63, 3.8) is 0 Å². The first-order valence-corrected chi connectivity index (χ1v) is 10.0. The van der Waals surface area contributed by atoms with Crippen LogP contribution in [0.4, 0.5) is 0 Å². The number of rotatable bonds is 14. The molecule has 2 N–H and O–H groups in total. The van der Waals surface area contributed by atoms with Crippen LogP contribution in [0, 0.1) is 0 Å². The van der Waals surface area contributed by atoms with Crippen LogP contribution in [-0.2, 0) is 9.59 Å². The molecule has 0 aliphatic carbocycles. The number of aliphatic hydroxyl groups is 1. The maximum absolute atomic E-state index is 11.0. The first kappa shape index (κ1) is 27.5. The molecule has 0 fully saturated rings. The van der Waals surface area contributed by atoms with Gasteiger partial charge in [-0.25, -0.2) is 0 Å². The summed E-state index contributed by atoms with van der Waals surface area (Å²) in [5, 5.41) is 17.9. The molecule has 0 radical (unpaired) electrons. The van der Waals surface area contributed by atoms with Gasteiger partial charge in [0.2, 0.25) is 0 Å². The van der Waals surface area contributed by atoms with Crippen LogP contribution in [0.5, 0.6) is 0 Å². The van der Waals surface area contributed by atoms with Gasteiger partial charge in [-0.3, -0.25) is 9.59 Å². The summed E-state index contributed by atoms with van der Waals surface area (Å²) >= 11 is 0. The molecule has 1 atom stereocenters. The fraction of sp³-hybridized carbons (Fsp3) is 0.185. The van der Waals surface area contributed by atoms with Gasteiger partial charge in [0.1, 0.15) is 0 Å². The number of carbonyl (C=O) groups is 2. The molecular weight excluding hydrogens is 388 g/mol. The Bertz CT molecular complexity index is 825. The van der Waals surface area contributed by atoms with Crippen LogP contribution < -0.4 is 0 Å². The summed E-state index contributed by atoms with van der Waals surface area (Å²) in [7, 11) is 0. The van der Waals surface area contributed by atoms with Gasteiger partial charge in [-0.05, 0) is 25.8 Å². The predicted octanol–water partition coefficient (Wildman–Crippen LogP) is 5.75. The summed E-state index contributed by atoms with van der Waals surface area (Å²) < 4.78 is 0. The van der Waals surface area contributed by atoms with E-state index in [1.54, 1.807) is 32.1 Å². The molecule has 0 aromatic heterocycles. The van der Waals surface area contributed by atoms with Crippen molar-refractivity contribution in [3.8, 4) is 0 Å². The molecule has 0 aromatic carbocycles. The van der Waals surface area contributed by atoms with E-state index in [-0.39, 0.29) is 12.2 Å². The minimum absolute atomic E-state index is 0.0763. The molecule has 0 aliphatic rings. The quantitative estimate of drug-likeness (QED) is 0.277. The molecule has 4 nitrogen and oxygen atoms in total. The second-order valence-corrected chi connectivity index (χ2v) is 6.40. The number of aliphatic carboxylic acids is 1. The first-order valence-electron chi connectivity index (χ1n) is 10.0.